The molecule has 0 bridgehead atoms. The molecule has 0 aromatic carbocycles. The highest BCUT2D eigenvalue weighted by Gasteiger charge is 2.13. The molecule has 0 spiro atoms. The molecule has 0 fully saturated rings. The normalized spacial score (nSPS) is 11.6. The van der Waals surface area contributed by atoms with E-state index in [0.29, 0.717) is 24.4 Å². The Morgan fingerprint density at radius 2 is 2.15 bits per heavy atom. The lowest BCUT2D eigenvalue weighted by Crippen LogP contribution is -2.41. The van der Waals surface area contributed by atoms with Crippen molar-refractivity contribution in [2.75, 3.05) is 17.6 Å². The van der Waals surface area contributed by atoms with Gasteiger partial charge < -0.3 is 16.4 Å². The quantitative estimate of drug-likeness (QED) is 0.651. The Hall–Kier alpha value is -2.38. The standard InChI is InChI=1S/C12H19N7O/c1-12(2,3)18-8(20)4-5-14-9-7-6-15-19-10(7)17-11(13)16-9/h6H,4-5H2,1-3H3,(H,18,20)(H4,13,14,15,16,17,19). The molecule has 0 aliphatic carbocycles. The lowest BCUT2D eigenvalue weighted by molar-refractivity contribution is -0.122. The Kier molecular flexibility index (Phi) is 3.73. The molecule has 0 saturated heterocycles. The van der Waals surface area contributed by atoms with Crippen LogP contribution in [0.25, 0.3) is 11.0 Å². The van der Waals surface area contributed by atoms with E-state index >= 15 is 0 Å². The molecule has 0 radical (unpaired) electrons. The summed E-state index contributed by atoms with van der Waals surface area (Å²) in [4.78, 5) is 19.8. The van der Waals surface area contributed by atoms with Crippen LogP contribution in [0.2, 0.25) is 0 Å². The van der Waals surface area contributed by atoms with Gasteiger partial charge in [-0.1, -0.05) is 0 Å². The second-order valence-corrected chi connectivity index (χ2v) is 5.54. The van der Waals surface area contributed by atoms with E-state index in [-0.39, 0.29) is 17.4 Å². The smallest absolute Gasteiger partial charge is 0.224 e. The van der Waals surface area contributed by atoms with Crippen molar-refractivity contribution in [3.63, 3.8) is 0 Å². The number of nitrogens with one attached hydrogen (secondary N) is 3. The molecule has 2 heterocycles. The first-order valence-electron chi connectivity index (χ1n) is 6.36. The molecule has 2 rings (SSSR count). The predicted molar refractivity (Wildman–Crippen MR) is 77.1 cm³/mol. The summed E-state index contributed by atoms with van der Waals surface area (Å²) in [5.41, 5.74) is 5.95. The Morgan fingerprint density at radius 1 is 1.40 bits per heavy atom. The topological polar surface area (TPSA) is 122 Å². The van der Waals surface area contributed by atoms with Crippen LogP contribution in [0.4, 0.5) is 11.8 Å². The van der Waals surface area contributed by atoms with Crippen molar-refractivity contribution < 1.29 is 4.79 Å². The Bertz CT molecular complexity index is 614. The molecular formula is C12H19N7O. The fourth-order valence-corrected chi connectivity index (χ4v) is 1.76. The summed E-state index contributed by atoms with van der Waals surface area (Å²) >= 11 is 0. The molecule has 0 saturated carbocycles. The number of rotatable bonds is 4. The number of aromatic nitrogens is 4. The van der Waals surface area contributed by atoms with Gasteiger partial charge in [-0.2, -0.15) is 15.1 Å². The Balaban J connectivity index is 1.96. The molecule has 8 nitrogen and oxygen atoms in total. The van der Waals surface area contributed by atoms with Crippen LogP contribution < -0.4 is 16.4 Å². The molecule has 1 amide bonds. The summed E-state index contributed by atoms with van der Waals surface area (Å²) in [7, 11) is 0. The van der Waals surface area contributed by atoms with Crippen molar-refractivity contribution >= 4 is 28.7 Å². The van der Waals surface area contributed by atoms with Gasteiger partial charge in [-0.25, -0.2) is 0 Å². The minimum Gasteiger partial charge on any atom is -0.369 e. The largest absolute Gasteiger partial charge is 0.369 e. The van der Waals surface area contributed by atoms with Gasteiger partial charge in [0.25, 0.3) is 0 Å². The van der Waals surface area contributed by atoms with Crippen molar-refractivity contribution in [1.29, 1.82) is 0 Å². The maximum absolute atomic E-state index is 11.7. The van der Waals surface area contributed by atoms with E-state index in [4.69, 9.17) is 5.73 Å². The molecule has 2 aromatic heterocycles. The number of hydrogen-bond donors (Lipinski definition) is 4. The second-order valence-electron chi connectivity index (χ2n) is 5.54. The third kappa shape index (κ3) is 3.56. The van der Waals surface area contributed by atoms with Gasteiger partial charge in [-0.15, -0.1) is 0 Å². The number of amides is 1. The SMILES string of the molecule is CC(C)(C)NC(=O)CCNc1nc(N)nc2[nH]ncc12. The van der Waals surface area contributed by atoms with Crippen molar-refractivity contribution in [1.82, 2.24) is 25.5 Å². The first-order valence-corrected chi connectivity index (χ1v) is 6.36. The van der Waals surface area contributed by atoms with E-state index < -0.39 is 0 Å². The fraction of sp³-hybridized carbons (Fsp3) is 0.500. The predicted octanol–water partition coefficient (Wildman–Crippen LogP) is 0.652. The van der Waals surface area contributed by atoms with Gasteiger partial charge in [0, 0.05) is 18.5 Å². The summed E-state index contributed by atoms with van der Waals surface area (Å²) in [6.45, 7) is 6.29. The van der Waals surface area contributed by atoms with Gasteiger partial charge >= 0.3 is 0 Å². The van der Waals surface area contributed by atoms with Crippen molar-refractivity contribution in [2.45, 2.75) is 32.7 Å². The van der Waals surface area contributed by atoms with Crippen LogP contribution >= 0.6 is 0 Å². The zero-order valence-corrected chi connectivity index (χ0v) is 11.8. The minimum atomic E-state index is -0.228. The molecule has 108 valence electrons. The first kappa shape index (κ1) is 14.0. The number of carbonyl (C=O) groups excluding carboxylic acids is 1. The molecule has 0 aliphatic rings. The number of H-pyrrole nitrogens is 1. The van der Waals surface area contributed by atoms with E-state index in [1.807, 2.05) is 20.8 Å². The van der Waals surface area contributed by atoms with Gasteiger partial charge in [0.1, 0.15) is 5.82 Å². The van der Waals surface area contributed by atoms with E-state index in [0.717, 1.165) is 5.39 Å². The molecule has 20 heavy (non-hydrogen) atoms. The van der Waals surface area contributed by atoms with Crippen LogP contribution in [0, 0.1) is 0 Å². The molecule has 0 unspecified atom stereocenters. The highest BCUT2D eigenvalue weighted by Crippen LogP contribution is 2.18. The zero-order chi connectivity index (χ0) is 14.8. The van der Waals surface area contributed by atoms with Crippen molar-refractivity contribution in [2.24, 2.45) is 0 Å². The number of anilines is 2. The first-order chi connectivity index (χ1) is 9.35. The number of aromatic amines is 1. The average molecular weight is 277 g/mol. The van der Waals surface area contributed by atoms with Crippen molar-refractivity contribution in [3.8, 4) is 0 Å². The Morgan fingerprint density at radius 3 is 2.85 bits per heavy atom. The number of nitrogens with two attached hydrogens (primary N) is 1. The summed E-state index contributed by atoms with van der Waals surface area (Å²) < 4.78 is 0. The van der Waals surface area contributed by atoms with Crippen LogP contribution in [0.1, 0.15) is 27.2 Å². The third-order valence-corrected chi connectivity index (χ3v) is 2.49. The average Bonchev–Trinajstić information content (AvgIpc) is 2.74. The molecule has 5 N–H and O–H groups in total. The maximum Gasteiger partial charge on any atom is 0.224 e. The molecule has 0 atom stereocenters. The van der Waals surface area contributed by atoms with Crippen LogP contribution in [0.5, 0.6) is 0 Å². The highest BCUT2D eigenvalue weighted by molar-refractivity contribution is 5.87. The third-order valence-electron chi connectivity index (χ3n) is 2.49. The lowest BCUT2D eigenvalue weighted by Gasteiger charge is -2.20. The lowest BCUT2D eigenvalue weighted by atomic mass is 10.1. The van der Waals surface area contributed by atoms with E-state index in [9.17, 15) is 4.79 Å². The summed E-state index contributed by atoms with van der Waals surface area (Å²) in [5, 5.41) is 13.3. The molecule has 2 aromatic rings. The van der Waals surface area contributed by atoms with Gasteiger partial charge in [0.2, 0.25) is 11.9 Å². The van der Waals surface area contributed by atoms with Crippen LogP contribution in [-0.4, -0.2) is 38.2 Å². The van der Waals surface area contributed by atoms with Gasteiger partial charge in [0.05, 0.1) is 11.6 Å². The van der Waals surface area contributed by atoms with Crippen LogP contribution in [0.3, 0.4) is 0 Å². The van der Waals surface area contributed by atoms with Gasteiger partial charge in [0.15, 0.2) is 5.65 Å². The summed E-state index contributed by atoms with van der Waals surface area (Å²) in [5.74, 6) is 0.712. The number of hydrogen-bond acceptors (Lipinski definition) is 6. The molecule has 0 aliphatic heterocycles. The second kappa shape index (κ2) is 5.32. The maximum atomic E-state index is 11.7. The highest BCUT2D eigenvalue weighted by atomic mass is 16.1. The summed E-state index contributed by atoms with van der Waals surface area (Å²) in [6.07, 6.45) is 1.97. The number of fused-ring (bicyclic) bond motifs is 1. The minimum absolute atomic E-state index is 0.0181. The van der Waals surface area contributed by atoms with Crippen LogP contribution in [0.15, 0.2) is 6.20 Å². The number of nitrogen functional groups attached to an aromatic ring is 1. The van der Waals surface area contributed by atoms with E-state index in [2.05, 4.69) is 30.8 Å². The van der Waals surface area contributed by atoms with Crippen LogP contribution in [-0.2, 0) is 4.79 Å². The Labute approximate surface area is 116 Å². The number of nitrogens with zero attached hydrogens (tertiary/aromatic N) is 3. The van der Waals surface area contributed by atoms with E-state index in [1.54, 1.807) is 6.20 Å². The van der Waals surface area contributed by atoms with Gasteiger partial charge in [-0.3, -0.25) is 9.89 Å². The monoisotopic (exact) mass is 277 g/mol. The van der Waals surface area contributed by atoms with E-state index in [1.165, 1.54) is 0 Å². The number of carbonyl (C=O) groups is 1. The molecule has 8 heteroatoms. The van der Waals surface area contributed by atoms with Gasteiger partial charge in [-0.05, 0) is 20.8 Å². The van der Waals surface area contributed by atoms with Crippen molar-refractivity contribution in [3.05, 3.63) is 6.20 Å². The fourth-order valence-electron chi connectivity index (χ4n) is 1.76. The summed E-state index contributed by atoms with van der Waals surface area (Å²) in [6, 6.07) is 0. The molecular weight excluding hydrogens is 258 g/mol. The zero-order valence-electron chi connectivity index (χ0n) is 11.8.